The molecule has 3 N–H and O–H groups in total. The third kappa shape index (κ3) is 2.75. The lowest BCUT2D eigenvalue weighted by atomic mass is 10.0. The SMILES string of the molecule is CC(NC(C)(CO)CO)c1cncs1. The van der Waals surface area contributed by atoms with E-state index in [2.05, 4.69) is 10.3 Å². The van der Waals surface area contributed by atoms with E-state index in [9.17, 15) is 0 Å². The van der Waals surface area contributed by atoms with Crippen molar-refractivity contribution in [1.82, 2.24) is 10.3 Å². The topological polar surface area (TPSA) is 65.4 Å². The first-order valence-corrected chi connectivity index (χ1v) is 5.37. The summed E-state index contributed by atoms with van der Waals surface area (Å²) in [6.07, 6.45) is 1.79. The highest BCUT2D eigenvalue weighted by molar-refractivity contribution is 7.09. The second kappa shape index (κ2) is 4.84. The molecular weight excluding hydrogens is 200 g/mol. The summed E-state index contributed by atoms with van der Waals surface area (Å²) in [4.78, 5) is 5.07. The summed E-state index contributed by atoms with van der Waals surface area (Å²) in [5.41, 5.74) is 1.13. The van der Waals surface area contributed by atoms with Crippen molar-refractivity contribution >= 4 is 11.3 Å². The van der Waals surface area contributed by atoms with Gasteiger partial charge in [0.05, 0.1) is 24.3 Å². The van der Waals surface area contributed by atoms with Crippen LogP contribution in [0, 0.1) is 0 Å². The van der Waals surface area contributed by atoms with Crippen LogP contribution in [0.5, 0.6) is 0 Å². The molecular formula is C9H16N2O2S. The molecule has 80 valence electrons. The maximum absolute atomic E-state index is 9.10. The van der Waals surface area contributed by atoms with E-state index in [0.29, 0.717) is 0 Å². The number of aromatic nitrogens is 1. The lowest BCUT2D eigenvalue weighted by Crippen LogP contribution is -2.49. The van der Waals surface area contributed by atoms with Gasteiger partial charge >= 0.3 is 0 Å². The first kappa shape index (κ1) is 11.6. The van der Waals surface area contributed by atoms with E-state index in [1.807, 2.05) is 6.92 Å². The highest BCUT2D eigenvalue weighted by Crippen LogP contribution is 2.19. The number of hydrogen-bond acceptors (Lipinski definition) is 5. The summed E-state index contributed by atoms with van der Waals surface area (Å²) in [6, 6.07) is 0.0896. The average Bonchev–Trinajstić information content (AvgIpc) is 2.70. The van der Waals surface area contributed by atoms with Gasteiger partial charge in [-0.1, -0.05) is 0 Å². The molecule has 0 radical (unpaired) electrons. The quantitative estimate of drug-likeness (QED) is 0.672. The summed E-state index contributed by atoms with van der Waals surface area (Å²) in [5, 5.41) is 21.4. The lowest BCUT2D eigenvalue weighted by Gasteiger charge is -2.29. The van der Waals surface area contributed by atoms with Crippen LogP contribution in [0.25, 0.3) is 0 Å². The van der Waals surface area contributed by atoms with Gasteiger partial charge in [-0.25, -0.2) is 0 Å². The standard InChI is InChI=1S/C9H16N2O2S/c1-7(8-3-10-6-14-8)11-9(2,4-12)5-13/h3,6-7,11-13H,4-5H2,1-2H3. The number of hydrogen-bond donors (Lipinski definition) is 3. The Balaban J connectivity index is 2.60. The van der Waals surface area contributed by atoms with Crippen molar-refractivity contribution in [2.24, 2.45) is 0 Å². The molecule has 0 fully saturated rings. The van der Waals surface area contributed by atoms with Gasteiger partial charge in [-0.15, -0.1) is 11.3 Å². The molecule has 1 rings (SSSR count). The van der Waals surface area contributed by atoms with Crippen LogP contribution < -0.4 is 5.32 Å². The molecule has 0 spiro atoms. The summed E-state index contributed by atoms with van der Waals surface area (Å²) >= 11 is 1.56. The molecule has 14 heavy (non-hydrogen) atoms. The van der Waals surface area contributed by atoms with E-state index in [4.69, 9.17) is 10.2 Å². The Kier molecular flexibility index (Phi) is 4.00. The van der Waals surface area contributed by atoms with Gasteiger partial charge in [0.2, 0.25) is 0 Å². The number of nitrogens with zero attached hydrogens (tertiary/aromatic N) is 1. The molecule has 0 aliphatic heterocycles. The average molecular weight is 216 g/mol. The molecule has 1 heterocycles. The van der Waals surface area contributed by atoms with Crippen LogP contribution in [0.1, 0.15) is 24.8 Å². The Morgan fingerprint density at radius 2 is 2.21 bits per heavy atom. The van der Waals surface area contributed by atoms with Gasteiger partial charge in [0.1, 0.15) is 0 Å². The number of nitrogens with one attached hydrogen (secondary N) is 1. The van der Waals surface area contributed by atoms with E-state index in [-0.39, 0.29) is 19.3 Å². The predicted molar refractivity (Wildman–Crippen MR) is 56.2 cm³/mol. The molecule has 0 aliphatic rings. The number of aliphatic hydroxyl groups excluding tert-OH is 2. The van der Waals surface area contributed by atoms with Crippen LogP contribution in [0.3, 0.4) is 0 Å². The second-order valence-electron chi connectivity index (χ2n) is 3.65. The molecule has 1 aromatic heterocycles. The van der Waals surface area contributed by atoms with Crippen LogP contribution >= 0.6 is 11.3 Å². The van der Waals surface area contributed by atoms with Gasteiger partial charge in [0.25, 0.3) is 0 Å². The number of rotatable bonds is 5. The molecule has 0 bridgehead atoms. The molecule has 0 aliphatic carbocycles. The number of thiazole rings is 1. The van der Waals surface area contributed by atoms with Gasteiger partial charge in [-0.05, 0) is 13.8 Å². The van der Waals surface area contributed by atoms with E-state index < -0.39 is 5.54 Å². The first-order chi connectivity index (χ1) is 6.61. The largest absolute Gasteiger partial charge is 0.394 e. The summed E-state index contributed by atoms with van der Waals surface area (Å²) in [6.45, 7) is 3.58. The van der Waals surface area contributed by atoms with Crippen LogP contribution in [0.4, 0.5) is 0 Å². The maximum Gasteiger partial charge on any atom is 0.0794 e. The van der Waals surface area contributed by atoms with Crippen molar-refractivity contribution in [3.63, 3.8) is 0 Å². The fourth-order valence-corrected chi connectivity index (χ4v) is 1.80. The van der Waals surface area contributed by atoms with E-state index in [0.717, 1.165) is 4.88 Å². The highest BCUT2D eigenvalue weighted by Gasteiger charge is 2.24. The summed E-state index contributed by atoms with van der Waals surface area (Å²) in [7, 11) is 0. The summed E-state index contributed by atoms with van der Waals surface area (Å²) in [5.74, 6) is 0. The molecule has 1 aromatic rings. The van der Waals surface area contributed by atoms with E-state index >= 15 is 0 Å². The van der Waals surface area contributed by atoms with Crippen molar-refractivity contribution in [3.05, 3.63) is 16.6 Å². The van der Waals surface area contributed by atoms with Crippen molar-refractivity contribution in [1.29, 1.82) is 0 Å². The lowest BCUT2D eigenvalue weighted by molar-refractivity contribution is 0.0961. The first-order valence-electron chi connectivity index (χ1n) is 4.49. The molecule has 5 heteroatoms. The Morgan fingerprint density at radius 3 is 2.64 bits per heavy atom. The molecule has 1 atom stereocenters. The van der Waals surface area contributed by atoms with Crippen molar-refractivity contribution in [2.75, 3.05) is 13.2 Å². The van der Waals surface area contributed by atoms with Crippen LogP contribution in [0.2, 0.25) is 0 Å². The van der Waals surface area contributed by atoms with Gasteiger partial charge in [-0.2, -0.15) is 0 Å². The zero-order valence-electron chi connectivity index (χ0n) is 8.40. The Labute approximate surface area is 87.6 Å². The maximum atomic E-state index is 9.10. The van der Waals surface area contributed by atoms with E-state index in [1.54, 1.807) is 30.0 Å². The number of aliphatic hydroxyl groups is 2. The second-order valence-corrected chi connectivity index (χ2v) is 4.56. The molecule has 0 aromatic carbocycles. The van der Waals surface area contributed by atoms with Crippen LogP contribution in [-0.2, 0) is 0 Å². The minimum atomic E-state index is -0.636. The van der Waals surface area contributed by atoms with Crippen LogP contribution in [-0.4, -0.2) is 33.9 Å². The Morgan fingerprint density at radius 1 is 1.57 bits per heavy atom. The van der Waals surface area contributed by atoms with Crippen LogP contribution in [0.15, 0.2) is 11.7 Å². The molecule has 1 unspecified atom stereocenters. The smallest absolute Gasteiger partial charge is 0.0794 e. The molecule has 0 saturated heterocycles. The monoisotopic (exact) mass is 216 g/mol. The Hall–Kier alpha value is -0.490. The highest BCUT2D eigenvalue weighted by atomic mass is 32.1. The van der Waals surface area contributed by atoms with Crippen molar-refractivity contribution in [2.45, 2.75) is 25.4 Å². The summed E-state index contributed by atoms with van der Waals surface area (Å²) < 4.78 is 0. The zero-order valence-corrected chi connectivity index (χ0v) is 9.21. The molecule has 4 nitrogen and oxygen atoms in total. The Bertz CT molecular complexity index is 260. The fourth-order valence-electron chi connectivity index (χ4n) is 1.17. The third-order valence-corrected chi connectivity index (χ3v) is 3.10. The fraction of sp³-hybridized carbons (Fsp3) is 0.667. The van der Waals surface area contributed by atoms with Gasteiger partial charge in [-0.3, -0.25) is 10.3 Å². The molecule has 0 saturated carbocycles. The predicted octanol–water partition coefficient (Wildman–Crippen LogP) is 0.537. The van der Waals surface area contributed by atoms with E-state index in [1.165, 1.54) is 0 Å². The van der Waals surface area contributed by atoms with Crippen molar-refractivity contribution < 1.29 is 10.2 Å². The minimum Gasteiger partial charge on any atom is -0.394 e. The van der Waals surface area contributed by atoms with Crippen molar-refractivity contribution in [3.8, 4) is 0 Å². The normalized spacial score (nSPS) is 14.3. The van der Waals surface area contributed by atoms with Gasteiger partial charge in [0, 0.05) is 17.1 Å². The zero-order chi connectivity index (χ0) is 10.6. The third-order valence-electron chi connectivity index (χ3n) is 2.14. The van der Waals surface area contributed by atoms with Gasteiger partial charge < -0.3 is 10.2 Å². The van der Waals surface area contributed by atoms with Gasteiger partial charge in [0.15, 0.2) is 0 Å². The minimum absolute atomic E-state index is 0.0896. The molecule has 0 amide bonds.